The number of carbonyl (C=O) groups excluding carboxylic acids is 4. The second kappa shape index (κ2) is 15.8. The molecule has 1 aliphatic heterocycles. The molecule has 0 saturated heterocycles. The second-order valence-corrected chi connectivity index (χ2v) is 15.4. The molecule has 15 nitrogen and oxygen atoms in total. The molecule has 2 amide bonds. The van der Waals surface area contributed by atoms with Crippen molar-refractivity contribution in [2.45, 2.75) is 55.9 Å². The van der Waals surface area contributed by atoms with E-state index in [1.54, 1.807) is 24.3 Å². The molecule has 0 aromatic heterocycles. The number of carboxylic acids is 1. The molecule has 6 rings (SSSR count). The van der Waals surface area contributed by atoms with Gasteiger partial charge in [0.2, 0.25) is 0 Å². The molecule has 1 aliphatic carbocycles. The summed E-state index contributed by atoms with van der Waals surface area (Å²) in [6.45, 7) is 4.96. The van der Waals surface area contributed by atoms with E-state index in [4.69, 9.17) is 5.11 Å². The van der Waals surface area contributed by atoms with Gasteiger partial charge in [0.15, 0.2) is 11.6 Å². The minimum Gasteiger partial charge on any atom is -0.480 e. The average Bonchev–Trinajstić information content (AvgIpc) is 3.45. The van der Waals surface area contributed by atoms with Crippen LogP contribution in [0, 0.1) is 13.8 Å². The van der Waals surface area contributed by atoms with E-state index in [0.717, 1.165) is 23.5 Å². The molecule has 0 fully saturated rings. The lowest BCUT2D eigenvalue weighted by molar-refractivity contribution is -0.153. The van der Waals surface area contributed by atoms with Crippen molar-refractivity contribution in [3.8, 4) is 0 Å². The van der Waals surface area contributed by atoms with E-state index in [0.29, 0.717) is 24.0 Å². The molecule has 0 radical (unpaired) electrons. The van der Waals surface area contributed by atoms with Gasteiger partial charge in [0, 0.05) is 34.7 Å². The summed E-state index contributed by atoms with van der Waals surface area (Å²) in [4.78, 5) is 61.0. The third kappa shape index (κ3) is 8.54. The highest BCUT2D eigenvalue weighted by atomic mass is 32.2. The monoisotopic (exact) mass is 789 g/mol. The van der Waals surface area contributed by atoms with Crippen LogP contribution in [0.1, 0.15) is 69.2 Å². The molecule has 2 aliphatic rings. The number of ketones is 2. The van der Waals surface area contributed by atoms with Gasteiger partial charge < -0.3 is 15.7 Å². The van der Waals surface area contributed by atoms with Gasteiger partial charge in [0.25, 0.3) is 32.1 Å². The van der Waals surface area contributed by atoms with Crippen molar-refractivity contribution in [2.24, 2.45) is 0 Å². The Balaban J connectivity index is 0.000000325. The van der Waals surface area contributed by atoms with Crippen LogP contribution in [0.2, 0.25) is 0 Å². The zero-order chi connectivity index (χ0) is 40.4. The van der Waals surface area contributed by atoms with Crippen LogP contribution in [0.5, 0.6) is 0 Å². The van der Waals surface area contributed by atoms with Gasteiger partial charge in [-0.2, -0.15) is 16.8 Å². The summed E-state index contributed by atoms with van der Waals surface area (Å²) >= 11 is 0. The number of nitrogens with one attached hydrogen (secondary N) is 2. The quantitative estimate of drug-likeness (QED) is 0.0807. The van der Waals surface area contributed by atoms with Crippen LogP contribution in [0.15, 0.2) is 94.7 Å². The number of hydrogen-bond acceptors (Lipinski definition) is 11. The predicted molar refractivity (Wildman–Crippen MR) is 200 cm³/mol. The highest BCUT2D eigenvalue weighted by molar-refractivity contribution is 7.86. The molecule has 4 aromatic rings. The molecule has 4 aromatic carbocycles. The van der Waals surface area contributed by atoms with Gasteiger partial charge in [-0.25, -0.2) is 4.79 Å². The summed E-state index contributed by atoms with van der Waals surface area (Å²) < 4.78 is 66.4. The molecule has 1 unspecified atom stereocenters. The topological polar surface area (TPSA) is 242 Å². The molecule has 0 bridgehead atoms. The molecule has 0 spiro atoms. The number of carboxylic acid groups (broad SMARTS) is 1. The van der Waals surface area contributed by atoms with E-state index >= 15 is 0 Å². The lowest BCUT2D eigenvalue weighted by Gasteiger charge is -2.24. The Morgan fingerprint density at radius 1 is 0.691 bits per heavy atom. The number of aryl methyl sites for hydroxylation is 2. The first-order valence-corrected chi connectivity index (χ1v) is 19.5. The third-order valence-corrected chi connectivity index (χ3v) is 10.8. The van der Waals surface area contributed by atoms with Gasteiger partial charge in [-0.15, -0.1) is 0 Å². The van der Waals surface area contributed by atoms with Gasteiger partial charge >= 0.3 is 5.97 Å². The summed E-state index contributed by atoms with van der Waals surface area (Å²) in [6, 6.07) is 16.9. The summed E-state index contributed by atoms with van der Waals surface area (Å²) in [7, 11) is -9.03. The van der Waals surface area contributed by atoms with Gasteiger partial charge in [0.05, 0.1) is 32.3 Å². The SMILES string of the molecule is CCCCC(C(=O)O)N1C(=O)C=CC1=O.Cc1ccc(Nc2ccc(Nc3ccc(C)c(S(=O)(=O)O)c3)c3c2C(=O)c2ccccc2C3=O)cc1S(=O)(=O)O. The fraction of sp³-hybridized carbons (Fsp3) is 0.184. The highest BCUT2D eigenvalue weighted by Gasteiger charge is 2.36. The Morgan fingerprint density at radius 3 is 1.47 bits per heavy atom. The smallest absolute Gasteiger partial charge is 0.326 e. The lowest BCUT2D eigenvalue weighted by Crippen LogP contribution is -2.44. The maximum Gasteiger partial charge on any atom is 0.326 e. The maximum atomic E-state index is 13.7. The Labute approximate surface area is 316 Å². The van der Waals surface area contributed by atoms with Crippen LogP contribution >= 0.6 is 0 Å². The number of amides is 2. The first-order chi connectivity index (χ1) is 25.8. The number of anilines is 4. The maximum absolute atomic E-state index is 13.7. The molecule has 5 N–H and O–H groups in total. The van der Waals surface area contributed by atoms with E-state index < -0.39 is 55.6 Å². The van der Waals surface area contributed by atoms with E-state index in [1.165, 1.54) is 62.4 Å². The highest BCUT2D eigenvalue weighted by Crippen LogP contribution is 2.39. The summed E-state index contributed by atoms with van der Waals surface area (Å²) in [5.41, 5.74) is 1.96. The van der Waals surface area contributed by atoms with Crippen LogP contribution in [-0.4, -0.2) is 71.3 Å². The number of unbranched alkanes of at least 4 members (excludes halogenated alkanes) is 1. The summed E-state index contributed by atoms with van der Waals surface area (Å²) in [6.07, 6.45) is 4.01. The molecule has 286 valence electrons. The Bertz CT molecular complexity index is 2370. The fourth-order valence-electron chi connectivity index (χ4n) is 6.13. The molecule has 1 atom stereocenters. The van der Waals surface area contributed by atoms with E-state index in [1.807, 2.05) is 6.92 Å². The van der Waals surface area contributed by atoms with Crippen molar-refractivity contribution in [3.63, 3.8) is 0 Å². The minimum absolute atomic E-state index is 0.0183. The van der Waals surface area contributed by atoms with Crippen molar-refractivity contribution in [3.05, 3.63) is 118 Å². The standard InChI is InChI=1S/C28H22N2O8S2.C10H13NO4/c1-15-7-9-17(13-23(15)39(33,34)35)29-21-11-12-22(30-18-10-8-16(2)24(14-18)40(36,37)38)26-25(21)27(31)19-5-3-4-6-20(19)28(26)32;1-2-3-4-7(10(14)15)11-8(12)5-6-9(11)13/h3-14,29-30H,1-2H3,(H,33,34,35)(H,36,37,38);5-7H,2-4H2,1H3,(H,14,15). The van der Waals surface area contributed by atoms with Gasteiger partial charge in [-0.3, -0.25) is 33.2 Å². The average molecular weight is 790 g/mol. The number of rotatable bonds is 11. The Hall–Kier alpha value is -6.01. The van der Waals surface area contributed by atoms with Crippen LogP contribution in [0.4, 0.5) is 22.7 Å². The Kier molecular flexibility index (Phi) is 11.5. The number of carbonyl (C=O) groups is 5. The molecule has 0 saturated carbocycles. The first-order valence-electron chi connectivity index (χ1n) is 16.7. The van der Waals surface area contributed by atoms with Crippen LogP contribution in [0.25, 0.3) is 0 Å². The van der Waals surface area contributed by atoms with E-state index in [2.05, 4.69) is 10.6 Å². The minimum atomic E-state index is -4.52. The lowest BCUT2D eigenvalue weighted by atomic mass is 9.82. The normalized spacial score (nSPS) is 14.2. The van der Waals surface area contributed by atoms with Crippen LogP contribution < -0.4 is 10.6 Å². The summed E-state index contributed by atoms with van der Waals surface area (Å²) in [5.74, 6) is -3.12. The van der Waals surface area contributed by atoms with E-state index in [9.17, 15) is 49.9 Å². The number of aliphatic carboxylic acids is 1. The molecular formula is C38H35N3O12S2. The fourth-order valence-corrected chi connectivity index (χ4v) is 7.63. The number of fused-ring (bicyclic) bond motifs is 2. The number of hydrogen-bond donors (Lipinski definition) is 5. The van der Waals surface area contributed by atoms with Gasteiger partial charge in [0.1, 0.15) is 6.04 Å². The molecule has 17 heteroatoms. The van der Waals surface area contributed by atoms with Gasteiger partial charge in [-0.05, 0) is 67.8 Å². The van der Waals surface area contributed by atoms with Gasteiger partial charge in [-0.1, -0.05) is 56.2 Å². The first kappa shape index (κ1) is 40.2. The van der Waals surface area contributed by atoms with Crippen molar-refractivity contribution in [1.29, 1.82) is 0 Å². The molecule has 55 heavy (non-hydrogen) atoms. The predicted octanol–water partition coefficient (Wildman–Crippen LogP) is 5.61. The van der Waals surface area contributed by atoms with Crippen molar-refractivity contribution in [2.75, 3.05) is 10.6 Å². The van der Waals surface area contributed by atoms with Crippen LogP contribution in [0.3, 0.4) is 0 Å². The second-order valence-electron chi connectivity index (χ2n) is 12.7. The number of nitrogens with zero attached hydrogens (tertiary/aromatic N) is 1. The number of imide groups is 1. The zero-order valence-electron chi connectivity index (χ0n) is 29.6. The molecule has 1 heterocycles. The third-order valence-electron chi connectivity index (χ3n) is 8.84. The zero-order valence-corrected chi connectivity index (χ0v) is 31.2. The van der Waals surface area contributed by atoms with Crippen molar-refractivity contribution < 1.29 is 55.0 Å². The van der Waals surface area contributed by atoms with Crippen molar-refractivity contribution >= 4 is 72.3 Å². The summed E-state index contributed by atoms with van der Waals surface area (Å²) in [5, 5.41) is 14.9. The molecular weight excluding hydrogens is 755 g/mol. The number of benzene rings is 4. The van der Waals surface area contributed by atoms with E-state index in [-0.39, 0.29) is 54.8 Å². The largest absolute Gasteiger partial charge is 0.480 e. The van der Waals surface area contributed by atoms with Crippen LogP contribution in [-0.2, 0) is 34.6 Å². The van der Waals surface area contributed by atoms with Crippen molar-refractivity contribution in [1.82, 2.24) is 4.90 Å². The Morgan fingerprint density at radius 2 is 1.11 bits per heavy atom.